The van der Waals surface area contributed by atoms with E-state index in [1.165, 1.54) is 0 Å². The molecular weight excluding hydrogens is 270 g/mol. The Morgan fingerprint density at radius 3 is 2.52 bits per heavy atom. The summed E-state index contributed by atoms with van der Waals surface area (Å²) < 4.78 is 7.20. The van der Waals surface area contributed by atoms with Crippen molar-refractivity contribution in [1.82, 2.24) is 14.9 Å². The summed E-state index contributed by atoms with van der Waals surface area (Å²) in [7, 11) is 0. The molecule has 1 heterocycles. The first-order chi connectivity index (χ1) is 9.65. The number of nitrogens with one attached hydrogen (secondary N) is 1. The average Bonchev–Trinajstić information content (AvgIpc) is 2.81. The second-order valence-electron chi connectivity index (χ2n) is 6.59. The fraction of sp³-hybridized carbons (Fsp3) is 0.733. The van der Waals surface area contributed by atoms with E-state index in [1.807, 2.05) is 4.57 Å². The van der Waals surface area contributed by atoms with Crippen LogP contribution in [-0.2, 0) is 4.74 Å². The summed E-state index contributed by atoms with van der Waals surface area (Å²) in [6.07, 6.45) is 2.84. The number of aliphatic hydroxyl groups excluding tert-OH is 1. The minimum absolute atomic E-state index is 0.213. The van der Waals surface area contributed by atoms with Crippen LogP contribution < -0.4 is 5.32 Å². The number of hydrogen-bond acceptors (Lipinski definition) is 4. The third-order valence-corrected chi connectivity index (χ3v) is 3.33. The van der Waals surface area contributed by atoms with Gasteiger partial charge in [0.15, 0.2) is 0 Å². The van der Waals surface area contributed by atoms with Crippen LogP contribution in [0.25, 0.3) is 0 Å². The topological polar surface area (TPSA) is 76.4 Å². The molecule has 2 unspecified atom stereocenters. The molecule has 0 aliphatic carbocycles. The Bertz CT molecular complexity index is 463. The molecule has 0 aliphatic rings. The summed E-state index contributed by atoms with van der Waals surface area (Å²) in [6.45, 7) is 11.5. The lowest BCUT2D eigenvalue weighted by Gasteiger charge is -2.26. The number of aromatic nitrogens is 2. The third-order valence-electron chi connectivity index (χ3n) is 3.33. The lowest BCUT2D eigenvalue weighted by Crippen LogP contribution is -2.37. The van der Waals surface area contributed by atoms with E-state index in [0.29, 0.717) is 5.92 Å². The van der Waals surface area contributed by atoms with E-state index in [9.17, 15) is 9.90 Å². The molecule has 2 atom stereocenters. The quantitative estimate of drug-likeness (QED) is 0.876. The molecule has 21 heavy (non-hydrogen) atoms. The van der Waals surface area contributed by atoms with Gasteiger partial charge in [-0.15, -0.1) is 0 Å². The number of alkyl carbamates (subject to hydrolysis) is 1. The molecule has 0 spiro atoms. The van der Waals surface area contributed by atoms with Crippen molar-refractivity contribution in [2.24, 2.45) is 5.92 Å². The molecule has 1 amide bonds. The summed E-state index contributed by atoms with van der Waals surface area (Å²) in [4.78, 5) is 16.0. The Morgan fingerprint density at radius 1 is 1.43 bits per heavy atom. The lowest BCUT2D eigenvalue weighted by atomic mass is 10.1. The van der Waals surface area contributed by atoms with Gasteiger partial charge in [0.2, 0.25) is 0 Å². The van der Waals surface area contributed by atoms with E-state index in [-0.39, 0.29) is 12.6 Å². The van der Waals surface area contributed by atoms with Crippen LogP contribution in [0.1, 0.15) is 59.3 Å². The zero-order valence-corrected chi connectivity index (χ0v) is 13.8. The van der Waals surface area contributed by atoms with Crippen molar-refractivity contribution in [3.05, 3.63) is 18.2 Å². The number of carbonyl (C=O) groups excluding carboxylic acids is 1. The molecule has 1 rings (SSSR count). The van der Waals surface area contributed by atoms with Crippen molar-refractivity contribution in [3.63, 3.8) is 0 Å². The molecule has 0 radical (unpaired) electrons. The monoisotopic (exact) mass is 297 g/mol. The molecule has 120 valence electrons. The molecule has 1 aromatic heterocycles. The van der Waals surface area contributed by atoms with Gasteiger partial charge in [0, 0.05) is 6.04 Å². The fourth-order valence-corrected chi connectivity index (χ4v) is 1.91. The van der Waals surface area contributed by atoms with Crippen molar-refractivity contribution in [3.8, 4) is 0 Å². The average molecular weight is 297 g/mol. The van der Waals surface area contributed by atoms with Crippen LogP contribution in [0.15, 0.2) is 12.5 Å². The zero-order chi connectivity index (χ0) is 16.2. The van der Waals surface area contributed by atoms with Gasteiger partial charge >= 0.3 is 6.09 Å². The molecule has 1 aromatic rings. The number of carbonyl (C=O) groups is 1. The van der Waals surface area contributed by atoms with Gasteiger partial charge in [-0.25, -0.2) is 9.78 Å². The number of imidazole rings is 1. The second-order valence-corrected chi connectivity index (χ2v) is 6.59. The summed E-state index contributed by atoms with van der Waals surface area (Å²) in [5.74, 6) is 0.416. The van der Waals surface area contributed by atoms with Gasteiger partial charge in [0.1, 0.15) is 5.60 Å². The van der Waals surface area contributed by atoms with Crippen molar-refractivity contribution >= 4 is 6.09 Å². The van der Waals surface area contributed by atoms with E-state index in [0.717, 1.165) is 5.69 Å². The minimum atomic E-state index is -0.574. The van der Waals surface area contributed by atoms with Crippen LogP contribution in [0.5, 0.6) is 0 Å². The van der Waals surface area contributed by atoms with E-state index in [4.69, 9.17) is 4.74 Å². The number of hydrogen-bond donors (Lipinski definition) is 2. The van der Waals surface area contributed by atoms with Crippen LogP contribution in [0.3, 0.4) is 0 Å². The largest absolute Gasteiger partial charge is 0.444 e. The fourth-order valence-electron chi connectivity index (χ4n) is 1.91. The smallest absolute Gasteiger partial charge is 0.408 e. The summed E-state index contributed by atoms with van der Waals surface area (Å²) in [5, 5.41) is 12.3. The Labute approximate surface area is 126 Å². The van der Waals surface area contributed by atoms with Crippen molar-refractivity contribution in [2.45, 2.75) is 59.2 Å². The summed E-state index contributed by atoms with van der Waals surface area (Å²) in [6, 6.07) is -0.319. The van der Waals surface area contributed by atoms with Crippen LogP contribution in [0.4, 0.5) is 4.79 Å². The molecule has 0 saturated carbocycles. The molecular formula is C15H27N3O3. The zero-order valence-electron chi connectivity index (χ0n) is 13.8. The Morgan fingerprint density at radius 2 is 2.05 bits per heavy atom. The summed E-state index contributed by atoms with van der Waals surface area (Å²) in [5.41, 5.74) is 0.194. The number of rotatable bonds is 5. The Balaban J connectivity index is 2.87. The highest BCUT2D eigenvalue weighted by Gasteiger charge is 2.24. The number of nitrogens with zero attached hydrogens (tertiary/aromatic N) is 2. The standard InChI is InChI=1S/C15H27N3O3/c1-10(2)11(3)18-9-16-7-13(18)12(8-19)17-14(20)21-15(4,5)6/h7,9-12,19H,8H2,1-6H3,(H,17,20). The van der Waals surface area contributed by atoms with Crippen molar-refractivity contribution in [1.29, 1.82) is 0 Å². The van der Waals surface area contributed by atoms with Gasteiger partial charge in [0.25, 0.3) is 0 Å². The number of amides is 1. The summed E-state index contributed by atoms with van der Waals surface area (Å²) >= 11 is 0. The SMILES string of the molecule is CC(C)C(C)n1cncc1C(CO)NC(=O)OC(C)(C)C. The number of ether oxygens (including phenoxy) is 1. The van der Waals surface area contributed by atoms with Gasteiger partial charge in [0.05, 0.1) is 30.9 Å². The highest BCUT2D eigenvalue weighted by atomic mass is 16.6. The maximum atomic E-state index is 11.9. The third kappa shape index (κ3) is 5.04. The molecule has 0 bridgehead atoms. The van der Waals surface area contributed by atoms with Gasteiger partial charge in [-0.1, -0.05) is 13.8 Å². The Hall–Kier alpha value is -1.56. The molecule has 0 aliphatic heterocycles. The maximum Gasteiger partial charge on any atom is 0.408 e. The minimum Gasteiger partial charge on any atom is -0.444 e. The molecule has 2 N–H and O–H groups in total. The van der Waals surface area contributed by atoms with E-state index in [2.05, 4.69) is 31.1 Å². The first-order valence-electron chi connectivity index (χ1n) is 7.27. The molecule has 6 nitrogen and oxygen atoms in total. The predicted octanol–water partition coefficient (Wildman–Crippen LogP) is 2.66. The van der Waals surface area contributed by atoms with Gasteiger partial charge in [-0.3, -0.25) is 0 Å². The van der Waals surface area contributed by atoms with Gasteiger partial charge in [-0.2, -0.15) is 0 Å². The van der Waals surface area contributed by atoms with E-state index in [1.54, 1.807) is 33.3 Å². The normalized spacial score (nSPS) is 14.9. The molecule has 0 fully saturated rings. The van der Waals surface area contributed by atoms with Crippen molar-refractivity contribution < 1.29 is 14.6 Å². The van der Waals surface area contributed by atoms with Crippen LogP contribution in [0, 0.1) is 5.92 Å². The molecule has 0 aromatic carbocycles. The van der Waals surface area contributed by atoms with E-state index < -0.39 is 17.7 Å². The first-order valence-corrected chi connectivity index (χ1v) is 7.27. The maximum absolute atomic E-state index is 11.9. The van der Waals surface area contributed by atoms with Crippen LogP contribution in [-0.4, -0.2) is 33.0 Å². The molecule has 0 saturated heterocycles. The van der Waals surface area contributed by atoms with Crippen molar-refractivity contribution in [2.75, 3.05) is 6.61 Å². The second kappa shape index (κ2) is 6.93. The Kier molecular flexibility index (Phi) is 5.78. The van der Waals surface area contributed by atoms with Gasteiger partial charge < -0.3 is 19.7 Å². The van der Waals surface area contributed by atoms with Crippen LogP contribution >= 0.6 is 0 Å². The predicted molar refractivity (Wildman–Crippen MR) is 81.0 cm³/mol. The van der Waals surface area contributed by atoms with E-state index >= 15 is 0 Å². The first kappa shape index (κ1) is 17.5. The molecule has 6 heteroatoms. The highest BCUT2D eigenvalue weighted by Crippen LogP contribution is 2.22. The lowest BCUT2D eigenvalue weighted by molar-refractivity contribution is 0.0478. The highest BCUT2D eigenvalue weighted by molar-refractivity contribution is 5.68. The number of aliphatic hydroxyl groups is 1. The van der Waals surface area contributed by atoms with Gasteiger partial charge in [-0.05, 0) is 33.6 Å². The van der Waals surface area contributed by atoms with Crippen LogP contribution in [0.2, 0.25) is 0 Å².